The molecule has 9 rings (SSSR count). The zero-order valence-corrected chi connectivity index (χ0v) is 28.1. The van der Waals surface area contributed by atoms with Crippen molar-refractivity contribution >= 4 is 32.3 Å². The molecule has 2 aromatic heterocycles. The highest BCUT2D eigenvalue weighted by Crippen LogP contribution is 2.45. The molecule has 0 saturated heterocycles. The van der Waals surface area contributed by atoms with Gasteiger partial charge in [-0.05, 0) is 115 Å². The van der Waals surface area contributed by atoms with Gasteiger partial charge in [0, 0.05) is 23.5 Å². The van der Waals surface area contributed by atoms with E-state index in [9.17, 15) is 0 Å². The van der Waals surface area contributed by atoms with E-state index in [-0.39, 0.29) is 0 Å². The lowest BCUT2D eigenvalue weighted by molar-refractivity contribution is 1.27. The summed E-state index contributed by atoms with van der Waals surface area (Å²) in [7, 11) is 0. The highest BCUT2D eigenvalue weighted by Gasteiger charge is 2.18. The minimum absolute atomic E-state index is 1.02. The van der Waals surface area contributed by atoms with Crippen LogP contribution in [0.5, 0.6) is 0 Å². The van der Waals surface area contributed by atoms with Crippen molar-refractivity contribution in [2.75, 3.05) is 0 Å². The monoisotopic (exact) mass is 638 g/mol. The Labute approximate surface area is 292 Å². The van der Waals surface area contributed by atoms with Crippen LogP contribution in [0.4, 0.5) is 0 Å². The molecule has 0 radical (unpaired) electrons. The van der Waals surface area contributed by atoms with Gasteiger partial charge in [0.25, 0.3) is 0 Å². The third kappa shape index (κ3) is 5.14. The molecular weight excluding hydrogens is 605 g/mol. The quantitative estimate of drug-likeness (QED) is 0.175. The topological polar surface area (TPSA) is 25.8 Å². The molecule has 0 spiro atoms. The van der Waals surface area contributed by atoms with Gasteiger partial charge in [0.2, 0.25) is 0 Å². The van der Waals surface area contributed by atoms with Gasteiger partial charge in [-0.2, -0.15) is 0 Å². The molecule has 50 heavy (non-hydrogen) atoms. The van der Waals surface area contributed by atoms with Crippen LogP contribution in [0.1, 0.15) is 11.1 Å². The minimum Gasteiger partial charge on any atom is -0.256 e. The first-order valence-electron chi connectivity index (χ1n) is 17.1. The summed E-state index contributed by atoms with van der Waals surface area (Å²) in [6.45, 7) is 4.24. The molecule has 236 valence electrons. The molecule has 0 aliphatic rings. The standard InChI is InChI=1S/C48H34N2/c1-31-9-7-27-49-47(31)36-20-16-34(17-21-36)45-41-13-5-6-14-42(41)46(35-18-22-37(23-19-35)48-32(2)10-8-28-50-48)44-30-40(25-26-43(44)45)39-24-15-33-11-3-4-12-38(33)29-39/h3-30H,1-2H3. The molecular formula is C48H34N2. The molecule has 2 heteroatoms. The lowest BCUT2D eigenvalue weighted by Crippen LogP contribution is -1.93. The highest BCUT2D eigenvalue weighted by atomic mass is 14.7. The number of fused-ring (bicyclic) bond motifs is 3. The number of aromatic nitrogens is 2. The summed E-state index contributed by atoms with van der Waals surface area (Å²) in [4.78, 5) is 9.37. The summed E-state index contributed by atoms with van der Waals surface area (Å²) >= 11 is 0. The van der Waals surface area contributed by atoms with Crippen molar-refractivity contribution in [2.45, 2.75) is 13.8 Å². The Bertz CT molecular complexity index is 2700. The molecule has 0 fully saturated rings. The number of nitrogens with zero attached hydrogens (tertiary/aromatic N) is 2. The summed E-state index contributed by atoms with van der Waals surface area (Å²) in [6.07, 6.45) is 3.74. The fraction of sp³-hybridized carbons (Fsp3) is 0.0417. The lowest BCUT2D eigenvalue weighted by Gasteiger charge is -2.19. The third-order valence-corrected chi connectivity index (χ3v) is 10.0. The maximum atomic E-state index is 4.69. The summed E-state index contributed by atoms with van der Waals surface area (Å²) in [6, 6.07) is 57.3. The second-order valence-electron chi connectivity index (χ2n) is 13.1. The fourth-order valence-corrected chi connectivity index (χ4v) is 7.51. The molecule has 0 aliphatic carbocycles. The fourth-order valence-electron chi connectivity index (χ4n) is 7.51. The number of benzene rings is 7. The summed E-state index contributed by atoms with van der Waals surface area (Å²) in [5, 5.41) is 7.43. The first-order chi connectivity index (χ1) is 24.6. The van der Waals surface area contributed by atoms with Gasteiger partial charge >= 0.3 is 0 Å². The molecule has 2 heterocycles. The zero-order chi connectivity index (χ0) is 33.6. The molecule has 0 saturated carbocycles. The predicted molar refractivity (Wildman–Crippen MR) is 211 cm³/mol. The Morgan fingerprint density at radius 1 is 0.320 bits per heavy atom. The van der Waals surface area contributed by atoms with Crippen molar-refractivity contribution in [1.82, 2.24) is 9.97 Å². The zero-order valence-electron chi connectivity index (χ0n) is 28.1. The molecule has 0 N–H and O–H groups in total. The van der Waals surface area contributed by atoms with Crippen molar-refractivity contribution in [3.05, 3.63) is 181 Å². The Hall–Kier alpha value is -6.38. The first kappa shape index (κ1) is 29.7. The van der Waals surface area contributed by atoms with Crippen molar-refractivity contribution in [3.63, 3.8) is 0 Å². The van der Waals surface area contributed by atoms with Crippen molar-refractivity contribution in [1.29, 1.82) is 0 Å². The molecule has 7 aromatic carbocycles. The van der Waals surface area contributed by atoms with Gasteiger partial charge in [-0.15, -0.1) is 0 Å². The van der Waals surface area contributed by atoms with E-state index in [0.717, 1.165) is 22.5 Å². The van der Waals surface area contributed by atoms with Crippen LogP contribution in [-0.2, 0) is 0 Å². The van der Waals surface area contributed by atoms with Crippen LogP contribution in [-0.4, -0.2) is 9.97 Å². The van der Waals surface area contributed by atoms with Gasteiger partial charge in [-0.25, -0.2) is 0 Å². The van der Waals surface area contributed by atoms with Crippen LogP contribution in [0.25, 0.3) is 88.2 Å². The van der Waals surface area contributed by atoms with E-state index in [4.69, 9.17) is 0 Å². The van der Waals surface area contributed by atoms with Gasteiger partial charge in [-0.1, -0.05) is 133 Å². The van der Waals surface area contributed by atoms with Crippen LogP contribution in [0.3, 0.4) is 0 Å². The van der Waals surface area contributed by atoms with Crippen LogP contribution >= 0.6 is 0 Å². The molecule has 0 amide bonds. The van der Waals surface area contributed by atoms with Crippen LogP contribution in [0.2, 0.25) is 0 Å². The number of pyridine rings is 2. The van der Waals surface area contributed by atoms with Gasteiger partial charge in [-0.3, -0.25) is 9.97 Å². The van der Waals surface area contributed by atoms with E-state index in [1.54, 1.807) is 0 Å². The highest BCUT2D eigenvalue weighted by molar-refractivity contribution is 6.22. The average molecular weight is 639 g/mol. The third-order valence-electron chi connectivity index (χ3n) is 10.0. The minimum atomic E-state index is 1.02. The van der Waals surface area contributed by atoms with Gasteiger partial charge in [0.1, 0.15) is 0 Å². The van der Waals surface area contributed by atoms with E-state index in [2.05, 4.69) is 169 Å². The SMILES string of the molecule is Cc1cccnc1-c1ccc(-c2c3ccccc3c(-c3ccc(-c4ncccc4C)cc3)c3cc(-c4ccc5ccccc5c4)ccc23)cc1. The Balaban J connectivity index is 1.29. The molecule has 0 atom stereocenters. The van der Waals surface area contributed by atoms with Crippen molar-refractivity contribution in [3.8, 4) is 55.9 Å². The summed E-state index contributed by atoms with van der Waals surface area (Å²) in [5.74, 6) is 0. The van der Waals surface area contributed by atoms with Crippen molar-refractivity contribution in [2.24, 2.45) is 0 Å². The predicted octanol–water partition coefficient (Wildman–Crippen LogP) is 12.9. The van der Waals surface area contributed by atoms with Gasteiger partial charge in [0.05, 0.1) is 11.4 Å². The molecule has 0 aliphatic heterocycles. The van der Waals surface area contributed by atoms with Gasteiger partial charge < -0.3 is 0 Å². The Morgan fingerprint density at radius 2 is 0.760 bits per heavy atom. The van der Waals surface area contributed by atoms with E-state index in [1.165, 1.54) is 76.8 Å². The second-order valence-corrected chi connectivity index (χ2v) is 13.1. The molecule has 0 unspecified atom stereocenters. The molecule has 9 aromatic rings. The Morgan fingerprint density at radius 3 is 1.34 bits per heavy atom. The van der Waals surface area contributed by atoms with Gasteiger partial charge in [0.15, 0.2) is 0 Å². The maximum absolute atomic E-state index is 4.69. The van der Waals surface area contributed by atoms with Crippen LogP contribution in [0, 0.1) is 13.8 Å². The second kappa shape index (κ2) is 12.3. The summed E-state index contributed by atoms with van der Waals surface area (Å²) in [5.41, 5.74) is 13.9. The Kier molecular flexibility index (Phi) is 7.29. The molecule has 0 bridgehead atoms. The number of hydrogen-bond acceptors (Lipinski definition) is 2. The van der Waals surface area contributed by atoms with Crippen LogP contribution < -0.4 is 0 Å². The van der Waals surface area contributed by atoms with Crippen LogP contribution in [0.15, 0.2) is 170 Å². The normalized spacial score (nSPS) is 11.4. The van der Waals surface area contributed by atoms with E-state index in [1.807, 2.05) is 24.5 Å². The average Bonchev–Trinajstić information content (AvgIpc) is 3.17. The molecule has 2 nitrogen and oxygen atoms in total. The number of hydrogen-bond donors (Lipinski definition) is 0. The van der Waals surface area contributed by atoms with E-state index >= 15 is 0 Å². The largest absolute Gasteiger partial charge is 0.256 e. The van der Waals surface area contributed by atoms with Crippen molar-refractivity contribution < 1.29 is 0 Å². The summed E-state index contributed by atoms with van der Waals surface area (Å²) < 4.78 is 0. The number of aryl methyl sites for hydroxylation is 2. The number of rotatable bonds is 5. The van der Waals surface area contributed by atoms with E-state index in [0.29, 0.717) is 0 Å². The first-order valence-corrected chi connectivity index (χ1v) is 17.1. The maximum Gasteiger partial charge on any atom is 0.0731 e. The lowest BCUT2D eigenvalue weighted by atomic mass is 9.84. The van der Waals surface area contributed by atoms with E-state index < -0.39 is 0 Å². The smallest absolute Gasteiger partial charge is 0.0731 e.